The van der Waals surface area contributed by atoms with Crippen molar-refractivity contribution in [3.05, 3.63) is 12.7 Å². The van der Waals surface area contributed by atoms with Gasteiger partial charge >= 0.3 is 36.0 Å². The van der Waals surface area contributed by atoms with E-state index in [4.69, 9.17) is 5.11 Å². The van der Waals surface area contributed by atoms with Gasteiger partial charge in [-0.05, 0) is 0 Å². The molecule has 0 aromatic rings. The van der Waals surface area contributed by atoms with Crippen LogP contribution in [0.2, 0.25) is 0 Å². The van der Waals surface area contributed by atoms with Crippen molar-refractivity contribution in [1.29, 1.82) is 0 Å². The minimum absolute atomic E-state index is 0.469. The van der Waals surface area contributed by atoms with Gasteiger partial charge in [-0.3, -0.25) is 0 Å². The molecule has 0 saturated heterocycles. The average Bonchev–Trinajstić information content (AvgIpc) is 2.42. The predicted octanol–water partition coefficient (Wildman–Crippen LogP) is 3.50. The van der Waals surface area contributed by atoms with Crippen molar-refractivity contribution in [2.45, 2.75) is 42.8 Å². The minimum Gasteiger partial charge on any atom is -0.433 e. The Morgan fingerprint density at radius 2 is 1.38 bits per heavy atom. The van der Waals surface area contributed by atoms with E-state index in [2.05, 4.69) is 16.1 Å². The van der Waals surface area contributed by atoms with Gasteiger partial charge < -0.3 is 14.6 Å². The molecule has 154 valence electrons. The zero-order valence-corrected chi connectivity index (χ0v) is 12.1. The predicted molar refractivity (Wildman–Crippen MR) is 58.7 cm³/mol. The van der Waals surface area contributed by atoms with Gasteiger partial charge in [-0.15, -0.1) is 0 Å². The molecule has 4 nitrogen and oxygen atoms in total. The summed E-state index contributed by atoms with van der Waals surface area (Å²) in [6.07, 6.45) is -24.7. The standard InChI is InChI=1S/C11H9F11O4/c1-2-5(23)26-6(24)3-4-25-11(21,22)8(13,14)7(12,9(15,16)17)10(18,19)20/h2,6,24H,1,3-4H2. The average molecular weight is 414 g/mol. The third-order valence-corrected chi connectivity index (χ3v) is 2.65. The van der Waals surface area contributed by atoms with E-state index in [9.17, 15) is 53.1 Å². The van der Waals surface area contributed by atoms with Crippen molar-refractivity contribution in [3.8, 4) is 0 Å². The first-order valence-corrected chi connectivity index (χ1v) is 6.08. The Morgan fingerprint density at radius 1 is 0.962 bits per heavy atom. The normalized spacial score (nSPS) is 15.5. The van der Waals surface area contributed by atoms with E-state index >= 15 is 0 Å². The molecule has 0 aromatic carbocycles. The number of ether oxygens (including phenoxy) is 2. The molecule has 0 amide bonds. The van der Waals surface area contributed by atoms with Crippen molar-refractivity contribution in [3.63, 3.8) is 0 Å². The van der Waals surface area contributed by atoms with Crippen LogP contribution < -0.4 is 0 Å². The summed E-state index contributed by atoms with van der Waals surface area (Å²) in [5, 5.41) is 8.93. The highest BCUT2D eigenvalue weighted by Gasteiger charge is 2.90. The van der Waals surface area contributed by atoms with Crippen LogP contribution in [0.25, 0.3) is 0 Å². The number of rotatable bonds is 8. The first-order valence-electron chi connectivity index (χ1n) is 6.08. The van der Waals surface area contributed by atoms with Crippen molar-refractivity contribution >= 4 is 5.97 Å². The van der Waals surface area contributed by atoms with Crippen molar-refractivity contribution in [2.24, 2.45) is 0 Å². The maximum atomic E-state index is 13.2. The van der Waals surface area contributed by atoms with E-state index in [1.807, 2.05) is 0 Å². The molecule has 0 bridgehead atoms. The molecular formula is C11H9F11O4. The Hall–Kier alpha value is -1.64. The number of carbonyl (C=O) groups is 1. The number of hydrogen-bond acceptors (Lipinski definition) is 4. The summed E-state index contributed by atoms with van der Waals surface area (Å²) >= 11 is 0. The number of esters is 1. The van der Waals surface area contributed by atoms with E-state index < -0.39 is 55.3 Å². The smallest absolute Gasteiger partial charge is 0.433 e. The highest BCUT2D eigenvalue weighted by Crippen LogP contribution is 2.59. The molecule has 0 spiro atoms. The van der Waals surface area contributed by atoms with Crippen LogP contribution in [0.3, 0.4) is 0 Å². The number of aliphatic hydroxyl groups excluding tert-OH is 1. The third kappa shape index (κ3) is 4.55. The molecule has 1 atom stereocenters. The van der Waals surface area contributed by atoms with Gasteiger partial charge in [0.25, 0.3) is 0 Å². The molecule has 26 heavy (non-hydrogen) atoms. The number of aliphatic hydroxyl groups is 1. The summed E-state index contributed by atoms with van der Waals surface area (Å²) in [6.45, 7) is 1.01. The lowest BCUT2D eigenvalue weighted by atomic mass is 9.95. The molecule has 15 heteroatoms. The van der Waals surface area contributed by atoms with Crippen molar-refractivity contribution < 1.29 is 67.7 Å². The van der Waals surface area contributed by atoms with Gasteiger partial charge in [0.05, 0.1) is 6.61 Å². The fourth-order valence-electron chi connectivity index (χ4n) is 1.34. The number of halogens is 11. The molecule has 0 saturated carbocycles. The minimum atomic E-state index is -7.63. The first-order chi connectivity index (χ1) is 11.3. The fraction of sp³-hybridized carbons (Fsp3) is 0.727. The summed E-state index contributed by atoms with van der Waals surface area (Å²) in [6, 6.07) is 0. The summed E-state index contributed by atoms with van der Waals surface area (Å²) in [4.78, 5) is 10.6. The van der Waals surface area contributed by atoms with Gasteiger partial charge in [0.2, 0.25) is 6.29 Å². The summed E-state index contributed by atoms with van der Waals surface area (Å²) in [5.41, 5.74) is -7.63. The lowest BCUT2D eigenvalue weighted by molar-refractivity contribution is -0.462. The Labute approximate surface area is 137 Å². The molecule has 0 aliphatic heterocycles. The number of carbonyl (C=O) groups excluding carboxylic acids is 1. The highest BCUT2D eigenvalue weighted by molar-refractivity contribution is 5.81. The Kier molecular flexibility index (Phi) is 7.06. The molecule has 0 rings (SSSR count). The first kappa shape index (κ1) is 24.4. The molecule has 0 aliphatic rings. The lowest BCUT2D eigenvalue weighted by Gasteiger charge is -2.38. The van der Waals surface area contributed by atoms with E-state index in [1.54, 1.807) is 0 Å². The zero-order chi connectivity index (χ0) is 21.2. The zero-order valence-electron chi connectivity index (χ0n) is 12.1. The quantitative estimate of drug-likeness (QED) is 0.286. The molecule has 1 N–H and O–H groups in total. The molecule has 0 fully saturated rings. The summed E-state index contributed by atoms with van der Waals surface area (Å²) in [5.74, 6) is -8.76. The van der Waals surface area contributed by atoms with Crippen LogP contribution >= 0.6 is 0 Å². The topological polar surface area (TPSA) is 55.8 Å². The lowest BCUT2D eigenvalue weighted by Crippen LogP contribution is -2.70. The van der Waals surface area contributed by atoms with Gasteiger partial charge in [-0.1, -0.05) is 6.58 Å². The van der Waals surface area contributed by atoms with Gasteiger partial charge in [-0.2, -0.15) is 43.9 Å². The van der Waals surface area contributed by atoms with Crippen LogP contribution in [-0.4, -0.2) is 54.0 Å². The maximum absolute atomic E-state index is 13.2. The molecule has 0 aliphatic carbocycles. The van der Waals surface area contributed by atoms with Crippen LogP contribution in [-0.2, 0) is 14.3 Å². The Bertz CT molecular complexity index is 497. The molecule has 0 heterocycles. The van der Waals surface area contributed by atoms with Gasteiger partial charge in [0, 0.05) is 12.5 Å². The maximum Gasteiger partial charge on any atom is 0.438 e. The van der Waals surface area contributed by atoms with Gasteiger partial charge in [0.15, 0.2) is 0 Å². The number of alkyl halides is 11. The van der Waals surface area contributed by atoms with Gasteiger partial charge in [0.1, 0.15) is 0 Å². The summed E-state index contributed by atoms with van der Waals surface area (Å²) < 4.78 is 146. The highest BCUT2D eigenvalue weighted by atomic mass is 19.4. The largest absolute Gasteiger partial charge is 0.438 e. The van der Waals surface area contributed by atoms with Crippen LogP contribution in [0.1, 0.15) is 6.42 Å². The Morgan fingerprint density at radius 3 is 1.73 bits per heavy atom. The van der Waals surface area contributed by atoms with E-state index in [0.29, 0.717) is 6.08 Å². The third-order valence-electron chi connectivity index (χ3n) is 2.65. The second kappa shape index (κ2) is 7.54. The van der Waals surface area contributed by atoms with E-state index in [1.165, 1.54) is 0 Å². The van der Waals surface area contributed by atoms with Crippen LogP contribution in [0.4, 0.5) is 48.3 Å². The van der Waals surface area contributed by atoms with Crippen molar-refractivity contribution in [2.75, 3.05) is 6.61 Å². The molecular weight excluding hydrogens is 405 g/mol. The second-order valence-corrected chi connectivity index (χ2v) is 4.48. The summed E-state index contributed by atoms with van der Waals surface area (Å²) in [7, 11) is 0. The monoisotopic (exact) mass is 414 g/mol. The van der Waals surface area contributed by atoms with Crippen molar-refractivity contribution in [1.82, 2.24) is 0 Å². The van der Waals surface area contributed by atoms with E-state index in [0.717, 1.165) is 0 Å². The second-order valence-electron chi connectivity index (χ2n) is 4.48. The van der Waals surface area contributed by atoms with Gasteiger partial charge in [-0.25, -0.2) is 9.18 Å². The number of hydrogen-bond donors (Lipinski definition) is 1. The van der Waals surface area contributed by atoms with E-state index in [-0.39, 0.29) is 0 Å². The van der Waals surface area contributed by atoms with Crippen LogP contribution in [0.5, 0.6) is 0 Å². The van der Waals surface area contributed by atoms with Crippen LogP contribution in [0.15, 0.2) is 12.7 Å². The fourth-order valence-corrected chi connectivity index (χ4v) is 1.34. The SMILES string of the molecule is C=CC(=O)OC(O)CCOC(F)(F)C(F)(F)C(F)(C(F)(F)F)C(F)(F)F. The Balaban J connectivity index is 5.41. The van der Waals surface area contributed by atoms with Crippen LogP contribution in [0, 0.1) is 0 Å². The molecule has 0 aromatic heterocycles. The molecule has 0 radical (unpaired) electrons. The molecule has 1 unspecified atom stereocenters.